The van der Waals surface area contributed by atoms with Gasteiger partial charge in [-0.25, -0.2) is 43.9 Å². The molecular formula is C32H16B2F10N2. The molecule has 0 N–H and O–H groups in total. The number of fused-ring (bicyclic) bond motifs is 6. The third kappa shape index (κ3) is 3.88. The van der Waals surface area contributed by atoms with Crippen LogP contribution in [0.25, 0.3) is 22.3 Å². The van der Waals surface area contributed by atoms with Crippen molar-refractivity contribution >= 4 is 46.9 Å². The molecule has 2 heterocycles. The highest BCUT2D eigenvalue weighted by Crippen LogP contribution is 2.39. The molecule has 0 saturated heterocycles. The maximum absolute atomic E-state index is 15.4. The number of hydrogen-bond acceptors (Lipinski definition) is 2. The van der Waals surface area contributed by atoms with Gasteiger partial charge in [-0.15, -0.1) is 0 Å². The van der Waals surface area contributed by atoms with E-state index in [2.05, 4.69) is 0 Å². The fourth-order valence-corrected chi connectivity index (χ4v) is 6.69. The summed E-state index contributed by atoms with van der Waals surface area (Å²) in [6.45, 7) is -3.20. The number of rotatable bonds is 2. The molecule has 2 aliphatic rings. The molecule has 230 valence electrons. The van der Waals surface area contributed by atoms with Gasteiger partial charge in [-0.1, -0.05) is 48.5 Å². The Labute approximate surface area is 255 Å². The van der Waals surface area contributed by atoms with Gasteiger partial charge in [0.15, 0.2) is 58.2 Å². The van der Waals surface area contributed by atoms with E-state index >= 15 is 17.6 Å². The van der Waals surface area contributed by atoms with Crippen LogP contribution in [0.2, 0.25) is 0 Å². The molecule has 0 bridgehead atoms. The normalized spacial score (nSPS) is 13.5. The molecule has 5 aromatic carbocycles. The Morgan fingerprint density at radius 2 is 0.674 bits per heavy atom. The molecule has 14 heteroatoms. The minimum absolute atomic E-state index is 0.0682. The SMILES string of the molecule is CN1B(c2c(F)c(F)c(F)c(F)c2F)c2cc3c(cc2-c2ccccc21)B(c1c(F)c(F)c(F)c(F)c1F)N(C)c1ccccc1-3. The Morgan fingerprint density at radius 3 is 1.00 bits per heavy atom. The summed E-state index contributed by atoms with van der Waals surface area (Å²) >= 11 is 0. The third-order valence-corrected chi connectivity index (χ3v) is 8.77. The minimum Gasteiger partial charge on any atom is -0.409 e. The van der Waals surface area contributed by atoms with Crippen LogP contribution in [0, 0.1) is 58.2 Å². The number of anilines is 2. The Morgan fingerprint density at radius 1 is 0.391 bits per heavy atom. The molecule has 46 heavy (non-hydrogen) atoms. The van der Waals surface area contributed by atoms with Crippen molar-refractivity contribution in [3.63, 3.8) is 0 Å². The Balaban J connectivity index is 1.60. The number of nitrogens with zero attached hydrogens (tertiary/aromatic N) is 2. The first-order chi connectivity index (χ1) is 21.9. The maximum atomic E-state index is 15.4. The summed E-state index contributed by atoms with van der Waals surface area (Å²) < 4.78 is 148. The monoisotopic (exact) mass is 640 g/mol. The molecular weight excluding hydrogens is 624 g/mol. The van der Waals surface area contributed by atoms with Gasteiger partial charge in [0.25, 0.3) is 0 Å². The summed E-state index contributed by atoms with van der Waals surface area (Å²) in [5.41, 5.74) is -0.314. The minimum atomic E-state index is -2.33. The van der Waals surface area contributed by atoms with Crippen LogP contribution in [0.5, 0.6) is 0 Å². The van der Waals surface area contributed by atoms with Crippen molar-refractivity contribution in [2.45, 2.75) is 0 Å². The molecule has 0 radical (unpaired) electrons. The van der Waals surface area contributed by atoms with Crippen molar-refractivity contribution in [3.05, 3.63) is 119 Å². The second kappa shape index (κ2) is 10.3. The van der Waals surface area contributed by atoms with Crippen molar-refractivity contribution in [1.29, 1.82) is 0 Å². The summed E-state index contributed by atoms with van der Waals surface area (Å²) in [6, 6.07) is 15.5. The van der Waals surface area contributed by atoms with E-state index in [-0.39, 0.29) is 22.1 Å². The molecule has 0 aliphatic carbocycles. The fourth-order valence-electron chi connectivity index (χ4n) is 6.69. The Bertz CT molecular complexity index is 1930. The number of hydrogen-bond donors (Lipinski definition) is 0. The molecule has 0 atom stereocenters. The first-order valence-corrected chi connectivity index (χ1v) is 13.7. The van der Waals surface area contributed by atoms with E-state index in [9.17, 15) is 26.3 Å². The van der Waals surface area contributed by atoms with Crippen LogP contribution in [0.4, 0.5) is 55.3 Å². The summed E-state index contributed by atoms with van der Waals surface area (Å²) in [5, 5.41) is 0. The Kier molecular flexibility index (Phi) is 6.70. The highest BCUT2D eigenvalue weighted by molar-refractivity contribution is 6.92. The maximum Gasteiger partial charge on any atom is 0.330 e. The number of para-hydroxylation sites is 2. The average molecular weight is 640 g/mol. The van der Waals surface area contributed by atoms with Crippen LogP contribution in [0.3, 0.4) is 0 Å². The molecule has 0 unspecified atom stereocenters. The van der Waals surface area contributed by atoms with Crippen molar-refractivity contribution in [1.82, 2.24) is 0 Å². The average Bonchev–Trinajstić information content (AvgIpc) is 3.07. The zero-order valence-corrected chi connectivity index (χ0v) is 23.6. The topological polar surface area (TPSA) is 6.48 Å². The van der Waals surface area contributed by atoms with Crippen molar-refractivity contribution in [2.75, 3.05) is 23.7 Å². The van der Waals surface area contributed by atoms with E-state index in [0.29, 0.717) is 22.5 Å². The van der Waals surface area contributed by atoms with Gasteiger partial charge < -0.3 is 9.62 Å². The van der Waals surface area contributed by atoms with Crippen LogP contribution < -0.4 is 31.5 Å². The lowest BCUT2D eigenvalue weighted by molar-refractivity contribution is 0.384. The van der Waals surface area contributed by atoms with Crippen molar-refractivity contribution < 1.29 is 43.9 Å². The van der Waals surface area contributed by atoms with Gasteiger partial charge in [0, 0.05) is 33.4 Å². The van der Waals surface area contributed by atoms with Gasteiger partial charge >= 0.3 is 13.7 Å². The molecule has 0 amide bonds. The van der Waals surface area contributed by atoms with E-state index in [1.807, 2.05) is 0 Å². The smallest absolute Gasteiger partial charge is 0.330 e. The van der Waals surface area contributed by atoms with Crippen molar-refractivity contribution in [3.8, 4) is 22.3 Å². The summed E-state index contributed by atoms with van der Waals surface area (Å²) in [4.78, 5) is 2.68. The lowest BCUT2D eigenvalue weighted by Crippen LogP contribution is -2.63. The fraction of sp³-hybridized carbons (Fsp3) is 0.0625. The van der Waals surface area contributed by atoms with Gasteiger partial charge in [-0.05, 0) is 48.3 Å². The summed E-state index contributed by atoms with van der Waals surface area (Å²) in [6.07, 6.45) is 0. The third-order valence-electron chi connectivity index (χ3n) is 8.77. The molecule has 0 aromatic heterocycles. The first-order valence-electron chi connectivity index (χ1n) is 13.7. The largest absolute Gasteiger partial charge is 0.409 e. The quantitative estimate of drug-likeness (QED) is 0.109. The molecule has 2 nitrogen and oxygen atoms in total. The Hall–Kier alpha value is -4.87. The first kappa shape index (κ1) is 29.8. The van der Waals surface area contributed by atoms with Gasteiger partial charge in [0.05, 0.1) is 0 Å². The van der Waals surface area contributed by atoms with Crippen LogP contribution in [0.15, 0.2) is 60.7 Å². The van der Waals surface area contributed by atoms with E-state index in [0.717, 1.165) is 0 Å². The van der Waals surface area contributed by atoms with E-state index in [1.165, 1.54) is 35.8 Å². The predicted octanol–water partition coefficient (Wildman–Crippen LogP) is 5.52. The highest BCUT2D eigenvalue weighted by Gasteiger charge is 2.45. The zero-order chi connectivity index (χ0) is 32.9. The highest BCUT2D eigenvalue weighted by atomic mass is 19.2. The predicted molar refractivity (Wildman–Crippen MR) is 157 cm³/mol. The van der Waals surface area contributed by atoms with E-state index < -0.39 is 82.8 Å². The molecule has 5 aromatic rings. The second-order valence-corrected chi connectivity index (χ2v) is 11.1. The van der Waals surface area contributed by atoms with Gasteiger partial charge in [-0.2, -0.15) is 0 Å². The van der Waals surface area contributed by atoms with Crippen LogP contribution in [-0.4, -0.2) is 27.8 Å². The molecule has 0 saturated carbocycles. The lowest BCUT2D eigenvalue weighted by Gasteiger charge is -2.40. The number of benzene rings is 5. The lowest BCUT2D eigenvalue weighted by atomic mass is 9.42. The zero-order valence-electron chi connectivity index (χ0n) is 23.6. The summed E-state index contributed by atoms with van der Waals surface area (Å²) in [7, 11) is 2.81. The van der Waals surface area contributed by atoms with E-state index in [1.54, 1.807) is 48.5 Å². The molecule has 0 spiro atoms. The van der Waals surface area contributed by atoms with Gasteiger partial charge in [-0.3, -0.25) is 0 Å². The number of halogens is 10. The molecule has 7 rings (SSSR count). The van der Waals surface area contributed by atoms with E-state index in [4.69, 9.17) is 0 Å². The van der Waals surface area contributed by atoms with Crippen LogP contribution in [0.1, 0.15) is 0 Å². The molecule has 0 fully saturated rings. The van der Waals surface area contributed by atoms with Gasteiger partial charge in [0.2, 0.25) is 0 Å². The van der Waals surface area contributed by atoms with Gasteiger partial charge in [0.1, 0.15) is 0 Å². The molecule has 2 aliphatic heterocycles. The van der Waals surface area contributed by atoms with Crippen LogP contribution >= 0.6 is 0 Å². The van der Waals surface area contributed by atoms with Crippen LogP contribution in [-0.2, 0) is 0 Å². The summed E-state index contributed by atoms with van der Waals surface area (Å²) in [5.74, 6) is -21.4. The van der Waals surface area contributed by atoms with Crippen molar-refractivity contribution in [2.24, 2.45) is 0 Å². The standard InChI is InChI=1S/C32H16B2F10N2/c1-45-19-9-5-3-7-13(19)15-12-18-16(11-17(15)33(45)21-23(35)27(39)31(43)28(40)24(21)36)14-8-4-6-10-20(14)46(2)34(18)22-25(37)29(41)32(44)30(42)26(22)38/h3-12H,1-2H3. The second-order valence-electron chi connectivity index (χ2n) is 11.1.